The molecule has 4 rings (SSSR count). The van der Waals surface area contributed by atoms with Crippen molar-refractivity contribution in [2.75, 3.05) is 0 Å². The number of para-hydroxylation sites is 3. The summed E-state index contributed by atoms with van der Waals surface area (Å²) in [5.74, 6) is 0. The molecule has 4 heteroatoms. The minimum absolute atomic E-state index is 0.781. The third-order valence-electron chi connectivity index (χ3n) is 2.87. The molecule has 0 amide bonds. The van der Waals surface area contributed by atoms with Crippen LogP contribution in [0, 0.1) is 4.64 Å². The molecule has 0 saturated heterocycles. The summed E-state index contributed by atoms with van der Waals surface area (Å²) >= 11 is 4.98. The number of H-pyrrole nitrogens is 1. The normalized spacial score (nSPS) is 10.2. The van der Waals surface area contributed by atoms with E-state index in [9.17, 15) is 0 Å². The summed E-state index contributed by atoms with van der Waals surface area (Å²) in [6, 6.07) is 19.7. The molecule has 0 unspecified atom stereocenters. The topological polar surface area (TPSA) is 41.8 Å². The summed E-state index contributed by atoms with van der Waals surface area (Å²) in [5, 5.41) is 1.20. The van der Waals surface area contributed by atoms with Crippen LogP contribution in [0.1, 0.15) is 0 Å². The molecular weight excluding hydrogens is 268 g/mol. The molecule has 0 atom stereocenters. The maximum Gasteiger partial charge on any atom is 0.181 e. The lowest BCUT2D eigenvalue weighted by molar-refractivity contribution is 0.602. The fourth-order valence-corrected chi connectivity index (χ4v) is 2.08. The number of oxazole rings is 1. The van der Waals surface area contributed by atoms with Gasteiger partial charge in [0.1, 0.15) is 10.2 Å². The second-order valence-corrected chi connectivity index (χ2v) is 4.67. The standard InChI is InChI=1S/C9H7NS.C7H5NO/c11-9-6-5-7-3-1-2-4-8(7)10-9;1-2-4-7-6(3-1)8-5-9-7/h1-6H,(H,10,11);1-5H. The summed E-state index contributed by atoms with van der Waals surface area (Å²) in [5.41, 5.74) is 2.86. The van der Waals surface area contributed by atoms with Gasteiger partial charge in [-0.25, -0.2) is 4.98 Å². The van der Waals surface area contributed by atoms with Crippen LogP contribution in [0.5, 0.6) is 0 Å². The molecule has 0 radical (unpaired) electrons. The fraction of sp³-hybridized carbons (Fsp3) is 0. The Kier molecular flexibility index (Phi) is 3.56. The van der Waals surface area contributed by atoms with Gasteiger partial charge in [-0.1, -0.05) is 42.5 Å². The van der Waals surface area contributed by atoms with Crippen LogP contribution in [-0.2, 0) is 0 Å². The van der Waals surface area contributed by atoms with Crippen molar-refractivity contribution in [2.45, 2.75) is 0 Å². The smallest absolute Gasteiger partial charge is 0.181 e. The van der Waals surface area contributed by atoms with Crippen molar-refractivity contribution in [1.82, 2.24) is 9.97 Å². The van der Waals surface area contributed by atoms with Gasteiger partial charge in [0.05, 0.1) is 0 Å². The van der Waals surface area contributed by atoms with E-state index in [2.05, 4.69) is 16.0 Å². The van der Waals surface area contributed by atoms with Gasteiger partial charge in [-0.05, 0) is 35.7 Å². The molecule has 0 spiro atoms. The average molecular weight is 280 g/mol. The Morgan fingerprint density at radius 3 is 2.60 bits per heavy atom. The van der Waals surface area contributed by atoms with Crippen molar-refractivity contribution in [3.8, 4) is 0 Å². The third kappa shape index (κ3) is 2.75. The fourth-order valence-electron chi connectivity index (χ4n) is 1.90. The molecule has 98 valence electrons. The minimum atomic E-state index is 0.781. The largest absolute Gasteiger partial charge is 0.443 e. The van der Waals surface area contributed by atoms with E-state index in [1.54, 1.807) is 0 Å². The number of rotatable bonds is 0. The molecule has 0 aliphatic carbocycles. The Morgan fingerprint density at radius 1 is 0.900 bits per heavy atom. The summed E-state index contributed by atoms with van der Waals surface area (Å²) in [6.45, 7) is 0. The van der Waals surface area contributed by atoms with E-state index < -0.39 is 0 Å². The molecule has 0 aliphatic heterocycles. The van der Waals surface area contributed by atoms with Crippen molar-refractivity contribution in [3.63, 3.8) is 0 Å². The number of nitrogens with one attached hydrogen (secondary N) is 1. The third-order valence-corrected chi connectivity index (χ3v) is 3.11. The van der Waals surface area contributed by atoms with E-state index in [0.717, 1.165) is 21.3 Å². The number of hydrogen-bond donors (Lipinski definition) is 1. The summed E-state index contributed by atoms with van der Waals surface area (Å²) in [7, 11) is 0. The lowest BCUT2D eigenvalue weighted by Crippen LogP contribution is -1.76. The highest BCUT2D eigenvalue weighted by Crippen LogP contribution is 2.09. The van der Waals surface area contributed by atoms with Crippen molar-refractivity contribution in [2.24, 2.45) is 0 Å². The van der Waals surface area contributed by atoms with Gasteiger partial charge in [-0.2, -0.15) is 0 Å². The van der Waals surface area contributed by atoms with Gasteiger partial charge in [0, 0.05) is 5.52 Å². The number of fused-ring (bicyclic) bond motifs is 2. The number of aromatic nitrogens is 2. The van der Waals surface area contributed by atoms with Gasteiger partial charge < -0.3 is 9.40 Å². The maximum absolute atomic E-state index is 5.01. The van der Waals surface area contributed by atoms with Crippen LogP contribution in [-0.4, -0.2) is 9.97 Å². The summed E-state index contributed by atoms with van der Waals surface area (Å²) in [4.78, 5) is 7.06. The van der Waals surface area contributed by atoms with Gasteiger partial charge in [-0.15, -0.1) is 0 Å². The maximum atomic E-state index is 5.01. The molecule has 0 bridgehead atoms. The summed E-state index contributed by atoms with van der Waals surface area (Å²) in [6.07, 6.45) is 1.45. The molecule has 2 heterocycles. The first kappa shape index (κ1) is 12.6. The molecule has 2 aromatic carbocycles. The zero-order valence-corrected chi connectivity index (χ0v) is 11.4. The van der Waals surface area contributed by atoms with Gasteiger partial charge in [-0.3, -0.25) is 0 Å². The van der Waals surface area contributed by atoms with Gasteiger partial charge >= 0.3 is 0 Å². The van der Waals surface area contributed by atoms with Crippen molar-refractivity contribution >= 4 is 34.2 Å². The lowest BCUT2D eigenvalue weighted by Gasteiger charge is -1.94. The number of aromatic amines is 1. The van der Waals surface area contributed by atoms with E-state index in [1.165, 1.54) is 11.8 Å². The Bertz CT molecular complexity index is 865. The van der Waals surface area contributed by atoms with E-state index >= 15 is 0 Å². The molecule has 0 fully saturated rings. The summed E-state index contributed by atoms with van der Waals surface area (Å²) < 4.78 is 5.79. The van der Waals surface area contributed by atoms with Gasteiger partial charge in [0.25, 0.3) is 0 Å². The molecular formula is C16H12N2OS. The zero-order chi connectivity index (χ0) is 13.8. The molecule has 2 aromatic heterocycles. The van der Waals surface area contributed by atoms with Crippen LogP contribution in [0.2, 0.25) is 0 Å². The highest BCUT2D eigenvalue weighted by molar-refractivity contribution is 7.71. The van der Waals surface area contributed by atoms with E-state index in [4.69, 9.17) is 16.6 Å². The molecule has 0 saturated carbocycles. The van der Waals surface area contributed by atoms with Gasteiger partial charge in [0.15, 0.2) is 12.0 Å². The molecule has 4 aromatic rings. The first-order valence-corrected chi connectivity index (χ1v) is 6.60. The zero-order valence-electron chi connectivity index (χ0n) is 10.6. The van der Waals surface area contributed by atoms with Crippen LogP contribution >= 0.6 is 12.2 Å². The number of benzene rings is 2. The Balaban J connectivity index is 0.000000123. The van der Waals surface area contributed by atoms with Crippen LogP contribution in [0.3, 0.4) is 0 Å². The minimum Gasteiger partial charge on any atom is -0.443 e. The Morgan fingerprint density at radius 2 is 1.70 bits per heavy atom. The molecule has 3 nitrogen and oxygen atoms in total. The van der Waals surface area contributed by atoms with Crippen LogP contribution in [0.15, 0.2) is 71.5 Å². The molecule has 1 N–H and O–H groups in total. The average Bonchev–Trinajstić information content (AvgIpc) is 2.96. The quantitative estimate of drug-likeness (QED) is 0.474. The van der Waals surface area contributed by atoms with Crippen LogP contribution in [0.4, 0.5) is 0 Å². The first-order valence-electron chi connectivity index (χ1n) is 6.19. The van der Waals surface area contributed by atoms with Crippen LogP contribution in [0.25, 0.3) is 22.0 Å². The van der Waals surface area contributed by atoms with Crippen LogP contribution < -0.4 is 0 Å². The Hall–Kier alpha value is -2.46. The van der Waals surface area contributed by atoms with Crippen molar-refractivity contribution in [3.05, 3.63) is 71.7 Å². The predicted molar refractivity (Wildman–Crippen MR) is 83.1 cm³/mol. The van der Waals surface area contributed by atoms with E-state index in [0.29, 0.717) is 0 Å². The van der Waals surface area contributed by atoms with Crippen molar-refractivity contribution in [1.29, 1.82) is 0 Å². The SMILES string of the molecule is S=c1ccc2ccccc2[nH]1.c1ccc2ocnc2c1. The number of hydrogen-bond acceptors (Lipinski definition) is 3. The lowest BCUT2D eigenvalue weighted by atomic mass is 10.2. The van der Waals surface area contributed by atoms with E-state index in [-0.39, 0.29) is 0 Å². The molecule has 20 heavy (non-hydrogen) atoms. The second-order valence-electron chi connectivity index (χ2n) is 4.23. The first-order chi connectivity index (χ1) is 9.83. The highest BCUT2D eigenvalue weighted by atomic mass is 32.1. The van der Waals surface area contributed by atoms with Crippen molar-refractivity contribution < 1.29 is 4.42 Å². The number of pyridine rings is 1. The predicted octanol–water partition coefficient (Wildman–Crippen LogP) is 4.73. The highest BCUT2D eigenvalue weighted by Gasteiger charge is 1.91. The Labute approximate surface area is 120 Å². The number of nitrogens with zero attached hydrogens (tertiary/aromatic N) is 1. The monoisotopic (exact) mass is 280 g/mol. The molecule has 0 aliphatic rings. The van der Waals surface area contributed by atoms with E-state index in [1.807, 2.05) is 54.6 Å². The second kappa shape index (κ2) is 5.67. The van der Waals surface area contributed by atoms with Gasteiger partial charge in [0.2, 0.25) is 0 Å².